The summed E-state index contributed by atoms with van der Waals surface area (Å²) in [6.45, 7) is 0. The molecule has 0 saturated carbocycles. The van der Waals surface area contributed by atoms with E-state index in [-0.39, 0.29) is 0 Å². The third-order valence-electron chi connectivity index (χ3n) is 24.7. The van der Waals surface area contributed by atoms with Gasteiger partial charge in [0.25, 0.3) is 0 Å². The van der Waals surface area contributed by atoms with Crippen LogP contribution < -0.4 is 14.7 Å². The maximum absolute atomic E-state index is 2.59. The predicted octanol–water partition coefficient (Wildman–Crippen LogP) is 28.6. The Labute approximate surface area is 665 Å². The maximum Gasteiger partial charge on any atom is 0.0720 e. The van der Waals surface area contributed by atoms with Gasteiger partial charge in [0, 0.05) is 51.2 Å². The Morgan fingerprint density at radius 1 is 0.140 bits per heavy atom. The SMILES string of the molecule is c1ccc(N(c2ccc3c(c2)C(c2ccccc2)(c2ccccc2)c2c-3c3c(c4c2-c2ccc(N(c5ccccc5)c5ccc6ccccc6c5)cc2C4(c2ccccc2)c2ccccc2)-c2ccc(N(c4ccccc4)c4ccc5ccccc5c4)cc2C3(c2ccccc2)c2ccccc2)c2ccc3ccccc3c2)cc1. The van der Waals surface area contributed by atoms with E-state index in [1.54, 1.807) is 0 Å². The molecule has 3 aliphatic rings. The summed E-state index contributed by atoms with van der Waals surface area (Å²) in [6.07, 6.45) is 0. The lowest BCUT2D eigenvalue weighted by Crippen LogP contribution is -2.33. The van der Waals surface area contributed by atoms with Crippen molar-refractivity contribution in [2.24, 2.45) is 0 Å². The van der Waals surface area contributed by atoms with E-state index >= 15 is 0 Å². The minimum Gasteiger partial charge on any atom is -0.310 e. The molecule has 0 amide bonds. The molecule has 0 fully saturated rings. The average Bonchev–Trinajstić information content (AvgIpc) is 1.46. The van der Waals surface area contributed by atoms with Crippen LogP contribution in [-0.2, 0) is 16.2 Å². The minimum atomic E-state index is -1.02. The summed E-state index contributed by atoms with van der Waals surface area (Å²) in [5.74, 6) is 0. The van der Waals surface area contributed by atoms with Crippen molar-refractivity contribution in [1.82, 2.24) is 0 Å². The van der Waals surface area contributed by atoms with Gasteiger partial charge in [-0.1, -0.05) is 346 Å². The molecule has 0 heterocycles. The Hall–Kier alpha value is -14.6. The number of para-hydroxylation sites is 3. The fourth-order valence-electron chi connectivity index (χ4n) is 20.1. The molecule has 19 aromatic rings. The van der Waals surface area contributed by atoms with Gasteiger partial charge in [0.05, 0.1) is 16.2 Å². The molecular formula is C111H75N3. The van der Waals surface area contributed by atoms with E-state index < -0.39 is 16.2 Å². The normalized spacial score (nSPS) is 13.5. The highest BCUT2D eigenvalue weighted by molar-refractivity contribution is 6.11. The van der Waals surface area contributed by atoms with Crippen molar-refractivity contribution in [2.45, 2.75) is 16.2 Å². The van der Waals surface area contributed by atoms with Crippen molar-refractivity contribution in [3.63, 3.8) is 0 Å². The second-order valence-electron chi connectivity index (χ2n) is 30.5. The number of benzene rings is 19. The number of anilines is 9. The van der Waals surface area contributed by atoms with Gasteiger partial charge < -0.3 is 14.7 Å². The van der Waals surface area contributed by atoms with Gasteiger partial charge in [-0.2, -0.15) is 0 Å². The molecule has 0 atom stereocenters. The predicted molar refractivity (Wildman–Crippen MR) is 475 cm³/mol. The molecule has 0 radical (unpaired) electrons. The lowest BCUT2D eigenvalue weighted by atomic mass is 9.61. The molecule has 0 spiro atoms. The van der Waals surface area contributed by atoms with Crippen LogP contribution in [0, 0.1) is 0 Å². The molecule has 22 rings (SSSR count). The largest absolute Gasteiger partial charge is 0.310 e. The zero-order chi connectivity index (χ0) is 75.3. The van der Waals surface area contributed by atoms with Gasteiger partial charge in [-0.15, -0.1) is 0 Å². The lowest BCUT2D eigenvalue weighted by molar-refractivity contribution is 0.740. The van der Waals surface area contributed by atoms with Crippen molar-refractivity contribution in [2.75, 3.05) is 14.7 Å². The Morgan fingerprint density at radius 3 is 0.553 bits per heavy atom. The average molecular weight is 1450 g/mol. The van der Waals surface area contributed by atoms with Crippen LogP contribution in [-0.4, -0.2) is 0 Å². The molecule has 0 aliphatic heterocycles. The third kappa shape index (κ3) is 10.0. The fraction of sp³-hybridized carbons (Fsp3) is 0.0270. The van der Waals surface area contributed by atoms with Crippen LogP contribution in [0.3, 0.4) is 0 Å². The zero-order valence-electron chi connectivity index (χ0n) is 62.6. The molecule has 114 heavy (non-hydrogen) atoms. The van der Waals surface area contributed by atoms with E-state index in [2.05, 4.69) is 470 Å². The van der Waals surface area contributed by atoms with E-state index in [1.807, 2.05) is 0 Å². The first kappa shape index (κ1) is 66.4. The van der Waals surface area contributed by atoms with Crippen LogP contribution in [0.15, 0.2) is 455 Å². The van der Waals surface area contributed by atoms with E-state index in [0.29, 0.717) is 0 Å². The molecule has 3 aliphatic carbocycles. The third-order valence-corrected chi connectivity index (χ3v) is 24.7. The van der Waals surface area contributed by atoms with E-state index in [9.17, 15) is 0 Å². The van der Waals surface area contributed by atoms with Crippen LogP contribution in [0.25, 0.3) is 65.7 Å². The number of rotatable bonds is 15. The van der Waals surface area contributed by atoms with Crippen LogP contribution >= 0.6 is 0 Å². The zero-order valence-corrected chi connectivity index (χ0v) is 62.6. The quantitative estimate of drug-likeness (QED) is 0.101. The summed E-state index contributed by atoms with van der Waals surface area (Å²) < 4.78 is 0. The van der Waals surface area contributed by atoms with E-state index in [0.717, 1.165) is 51.2 Å². The fourth-order valence-corrected chi connectivity index (χ4v) is 20.1. The van der Waals surface area contributed by atoms with Crippen molar-refractivity contribution in [3.05, 3.63) is 522 Å². The van der Waals surface area contributed by atoms with Crippen LogP contribution in [0.5, 0.6) is 0 Å². The van der Waals surface area contributed by atoms with Crippen molar-refractivity contribution >= 4 is 83.5 Å². The molecular weight excluding hydrogens is 1380 g/mol. The molecule has 0 bridgehead atoms. The van der Waals surface area contributed by atoms with Gasteiger partial charge in [0.2, 0.25) is 0 Å². The Morgan fingerprint density at radius 2 is 0.325 bits per heavy atom. The molecule has 0 saturated heterocycles. The van der Waals surface area contributed by atoms with Gasteiger partial charge in [-0.05, 0) is 242 Å². The number of fused-ring (bicyclic) bond motifs is 15. The Balaban J connectivity index is 0.959. The van der Waals surface area contributed by atoms with Crippen LogP contribution in [0.1, 0.15) is 66.8 Å². The van der Waals surface area contributed by atoms with Gasteiger partial charge in [0.15, 0.2) is 0 Å². The van der Waals surface area contributed by atoms with Gasteiger partial charge in [-0.25, -0.2) is 0 Å². The smallest absolute Gasteiger partial charge is 0.0720 e. The van der Waals surface area contributed by atoms with Crippen LogP contribution in [0.4, 0.5) is 51.2 Å². The van der Waals surface area contributed by atoms with Gasteiger partial charge in [-0.3, -0.25) is 0 Å². The van der Waals surface area contributed by atoms with Crippen LogP contribution in [0.2, 0.25) is 0 Å². The highest BCUT2D eigenvalue weighted by atomic mass is 15.2. The van der Waals surface area contributed by atoms with Gasteiger partial charge >= 0.3 is 0 Å². The highest BCUT2D eigenvalue weighted by Crippen LogP contribution is 2.74. The van der Waals surface area contributed by atoms with Crippen molar-refractivity contribution in [1.29, 1.82) is 0 Å². The summed E-state index contributed by atoms with van der Waals surface area (Å²) in [5, 5.41) is 7.11. The first-order valence-electron chi connectivity index (χ1n) is 39.6. The Bertz CT molecular complexity index is 6090. The van der Waals surface area contributed by atoms with Gasteiger partial charge in [0.1, 0.15) is 0 Å². The molecule has 19 aromatic carbocycles. The second kappa shape index (κ2) is 26.8. The second-order valence-corrected chi connectivity index (χ2v) is 30.5. The monoisotopic (exact) mass is 1450 g/mol. The number of hydrogen-bond donors (Lipinski definition) is 0. The lowest BCUT2D eigenvalue weighted by Gasteiger charge is -2.40. The summed E-state index contributed by atoms with van der Waals surface area (Å²) in [6, 6.07) is 172. The molecule has 0 unspecified atom stereocenters. The van der Waals surface area contributed by atoms with Crippen molar-refractivity contribution < 1.29 is 0 Å². The van der Waals surface area contributed by atoms with Crippen molar-refractivity contribution in [3.8, 4) is 33.4 Å². The topological polar surface area (TPSA) is 9.72 Å². The first-order valence-corrected chi connectivity index (χ1v) is 39.6. The molecule has 0 aromatic heterocycles. The summed E-state index contributed by atoms with van der Waals surface area (Å²) >= 11 is 0. The molecule has 3 heteroatoms. The molecule has 3 nitrogen and oxygen atoms in total. The number of nitrogens with zero attached hydrogens (tertiary/aromatic N) is 3. The summed E-state index contributed by atoms with van der Waals surface area (Å²) in [7, 11) is 0. The summed E-state index contributed by atoms with van der Waals surface area (Å²) in [4.78, 5) is 7.45. The number of hydrogen-bond acceptors (Lipinski definition) is 3. The highest BCUT2D eigenvalue weighted by Gasteiger charge is 2.61. The van der Waals surface area contributed by atoms with E-state index in [4.69, 9.17) is 0 Å². The molecule has 534 valence electrons. The standard InChI is InChI=1S/C111H75N3/c1-10-40-82(41-11-1)109(83-42-12-2-13-43-83)100-73-94(112(88-52-22-7-23-53-88)91-61-58-76-34-28-31-37-79(76)70-91)64-67-97(100)103-106(109)104-98-68-65-95(113(89-54-24-8-25-55-89)92-62-59-77-35-29-32-38-80(77)71-92)74-101(98)110(84-44-14-3-15-45-84,85-46-16-4-17-47-85)108(104)105-99-69-66-96(114(90-56-26-9-27-57-90)93-63-60-78-36-30-33-39-81(78)72-93)75-102(99)111(107(103)105,86-48-18-5-19-49-86)87-50-20-6-21-51-87/h1-75H. The minimum absolute atomic E-state index is 1.02. The summed E-state index contributed by atoms with van der Waals surface area (Å²) in [5.41, 5.74) is 28.1. The first-order chi connectivity index (χ1) is 56.6. The molecule has 0 N–H and O–H groups in total. The van der Waals surface area contributed by atoms with E-state index in [1.165, 1.54) is 132 Å². The Kier molecular flexibility index (Phi) is 15.6. The maximum atomic E-state index is 2.59.